The molecule has 3 nitrogen and oxygen atoms in total. The van der Waals surface area contributed by atoms with Crippen LogP contribution in [0.15, 0.2) is 53.6 Å². The molecule has 0 N–H and O–H groups in total. The predicted octanol–water partition coefficient (Wildman–Crippen LogP) is 1.85. The molecule has 0 bridgehead atoms. The second-order valence-corrected chi connectivity index (χ2v) is 3.38. The normalized spacial score (nSPS) is 10.9. The highest BCUT2D eigenvalue weighted by Crippen LogP contribution is 2.16. The highest BCUT2D eigenvalue weighted by atomic mass is 16.1. The predicted molar refractivity (Wildman–Crippen MR) is 59.0 cm³/mol. The average molecular weight is 196 g/mol. The van der Waals surface area contributed by atoms with E-state index in [9.17, 15) is 4.79 Å². The van der Waals surface area contributed by atoms with Gasteiger partial charge in [0, 0.05) is 23.8 Å². The van der Waals surface area contributed by atoms with Crippen molar-refractivity contribution in [3.05, 3.63) is 59.1 Å². The third-order valence-electron chi connectivity index (χ3n) is 2.48. The van der Waals surface area contributed by atoms with E-state index in [0.717, 1.165) is 10.8 Å². The summed E-state index contributed by atoms with van der Waals surface area (Å²) in [4.78, 5) is 15.8. The van der Waals surface area contributed by atoms with Gasteiger partial charge in [-0.2, -0.15) is 0 Å². The van der Waals surface area contributed by atoms with Crippen LogP contribution >= 0.6 is 0 Å². The Kier molecular flexibility index (Phi) is 1.59. The molecule has 0 amide bonds. The van der Waals surface area contributed by atoms with Gasteiger partial charge in [0.2, 0.25) is 0 Å². The van der Waals surface area contributed by atoms with Crippen LogP contribution in [0.4, 0.5) is 0 Å². The van der Waals surface area contributed by atoms with E-state index in [-0.39, 0.29) is 5.56 Å². The van der Waals surface area contributed by atoms with Crippen molar-refractivity contribution in [1.82, 2.24) is 9.38 Å². The molecule has 0 unspecified atom stereocenters. The molecule has 3 heteroatoms. The first kappa shape index (κ1) is 8.17. The van der Waals surface area contributed by atoms with Crippen LogP contribution in [-0.4, -0.2) is 9.38 Å². The van der Waals surface area contributed by atoms with Crippen LogP contribution in [0.1, 0.15) is 0 Å². The summed E-state index contributed by atoms with van der Waals surface area (Å²) in [5.74, 6) is 0. The van der Waals surface area contributed by atoms with Gasteiger partial charge in [-0.05, 0) is 11.5 Å². The van der Waals surface area contributed by atoms with Gasteiger partial charge in [-0.3, -0.25) is 9.20 Å². The number of nitrogens with zero attached hydrogens (tertiary/aromatic N) is 2. The van der Waals surface area contributed by atoms with E-state index in [4.69, 9.17) is 0 Å². The Morgan fingerprint density at radius 2 is 1.93 bits per heavy atom. The van der Waals surface area contributed by atoms with E-state index < -0.39 is 0 Å². The highest BCUT2D eigenvalue weighted by Gasteiger charge is 2.00. The Hall–Kier alpha value is -2.16. The molecular weight excluding hydrogens is 188 g/mol. The van der Waals surface area contributed by atoms with Crippen LogP contribution in [0.25, 0.3) is 16.4 Å². The van der Waals surface area contributed by atoms with Gasteiger partial charge in [0.25, 0.3) is 5.56 Å². The molecule has 3 aromatic rings. The summed E-state index contributed by atoms with van der Waals surface area (Å²) in [6, 6.07) is 11.3. The zero-order valence-electron chi connectivity index (χ0n) is 7.92. The standard InChI is InChI=1S/C12H8N2O/c15-11-5-7-13-12-10-4-2-1-3-9(10)6-8-14(11)12/h1-8H. The van der Waals surface area contributed by atoms with E-state index >= 15 is 0 Å². The Morgan fingerprint density at radius 1 is 1.07 bits per heavy atom. The number of pyridine rings is 1. The maximum atomic E-state index is 11.5. The molecule has 15 heavy (non-hydrogen) atoms. The lowest BCUT2D eigenvalue weighted by Gasteiger charge is -2.02. The van der Waals surface area contributed by atoms with Crippen LogP contribution in [0.3, 0.4) is 0 Å². The topological polar surface area (TPSA) is 34.4 Å². The van der Waals surface area contributed by atoms with Crippen LogP contribution in [-0.2, 0) is 0 Å². The number of fused-ring (bicyclic) bond motifs is 3. The second-order valence-electron chi connectivity index (χ2n) is 3.38. The summed E-state index contributed by atoms with van der Waals surface area (Å²) in [6.45, 7) is 0. The van der Waals surface area contributed by atoms with Crippen LogP contribution in [0.5, 0.6) is 0 Å². The van der Waals surface area contributed by atoms with E-state index in [1.54, 1.807) is 16.8 Å². The van der Waals surface area contributed by atoms with Crippen molar-refractivity contribution in [2.75, 3.05) is 0 Å². The van der Waals surface area contributed by atoms with Crippen LogP contribution < -0.4 is 5.56 Å². The third kappa shape index (κ3) is 1.13. The first-order valence-electron chi connectivity index (χ1n) is 4.71. The molecule has 0 fully saturated rings. The van der Waals surface area contributed by atoms with Gasteiger partial charge in [0.1, 0.15) is 5.65 Å². The molecular formula is C12H8N2O. The summed E-state index contributed by atoms with van der Waals surface area (Å²) < 4.78 is 1.56. The number of benzene rings is 1. The minimum absolute atomic E-state index is 0.0502. The fourth-order valence-corrected chi connectivity index (χ4v) is 1.76. The van der Waals surface area contributed by atoms with E-state index in [1.165, 1.54) is 6.07 Å². The molecule has 0 atom stereocenters. The molecule has 2 aromatic heterocycles. The molecule has 0 spiro atoms. The van der Waals surface area contributed by atoms with Crippen LogP contribution in [0.2, 0.25) is 0 Å². The lowest BCUT2D eigenvalue weighted by atomic mass is 10.2. The van der Waals surface area contributed by atoms with Crippen molar-refractivity contribution >= 4 is 16.4 Å². The zero-order valence-corrected chi connectivity index (χ0v) is 7.92. The first-order valence-corrected chi connectivity index (χ1v) is 4.71. The Labute approximate surface area is 85.6 Å². The summed E-state index contributed by atoms with van der Waals surface area (Å²) in [5, 5.41) is 2.09. The zero-order chi connectivity index (χ0) is 10.3. The molecule has 0 saturated carbocycles. The Morgan fingerprint density at radius 3 is 2.87 bits per heavy atom. The highest BCUT2D eigenvalue weighted by molar-refractivity contribution is 5.93. The lowest BCUT2D eigenvalue weighted by Crippen LogP contribution is -2.12. The minimum atomic E-state index is -0.0502. The molecule has 0 aliphatic heterocycles. The SMILES string of the molecule is O=c1ccnc2c3ccccc3ccn12. The Balaban J connectivity index is 2.67. The van der Waals surface area contributed by atoms with Crippen molar-refractivity contribution in [3.63, 3.8) is 0 Å². The smallest absolute Gasteiger partial charge is 0.257 e. The van der Waals surface area contributed by atoms with Gasteiger partial charge in [0.15, 0.2) is 0 Å². The van der Waals surface area contributed by atoms with Gasteiger partial charge < -0.3 is 0 Å². The van der Waals surface area contributed by atoms with Crippen molar-refractivity contribution in [3.8, 4) is 0 Å². The quantitative estimate of drug-likeness (QED) is 0.514. The van der Waals surface area contributed by atoms with Gasteiger partial charge in [-0.1, -0.05) is 24.3 Å². The number of hydrogen-bond donors (Lipinski definition) is 0. The maximum absolute atomic E-state index is 11.5. The fraction of sp³-hybridized carbons (Fsp3) is 0. The van der Waals surface area contributed by atoms with Crippen molar-refractivity contribution in [1.29, 1.82) is 0 Å². The summed E-state index contributed by atoms with van der Waals surface area (Å²) >= 11 is 0. The summed E-state index contributed by atoms with van der Waals surface area (Å²) in [7, 11) is 0. The number of aromatic nitrogens is 2. The molecule has 0 radical (unpaired) electrons. The monoisotopic (exact) mass is 196 g/mol. The Bertz CT molecular complexity index is 700. The average Bonchev–Trinajstić information content (AvgIpc) is 2.29. The minimum Gasteiger partial charge on any atom is -0.269 e. The molecule has 0 aliphatic rings. The first-order chi connectivity index (χ1) is 7.36. The van der Waals surface area contributed by atoms with E-state index in [1.807, 2.05) is 30.3 Å². The molecule has 3 rings (SSSR count). The number of hydrogen-bond acceptors (Lipinski definition) is 2. The molecule has 72 valence electrons. The fourth-order valence-electron chi connectivity index (χ4n) is 1.76. The molecule has 2 heterocycles. The van der Waals surface area contributed by atoms with Crippen molar-refractivity contribution in [2.24, 2.45) is 0 Å². The van der Waals surface area contributed by atoms with E-state index in [2.05, 4.69) is 4.98 Å². The van der Waals surface area contributed by atoms with Crippen LogP contribution in [0, 0.1) is 0 Å². The van der Waals surface area contributed by atoms with Crippen molar-refractivity contribution < 1.29 is 0 Å². The van der Waals surface area contributed by atoms with Gasteiger partial charge in [0.05, 0.1) is 0 Å². The second kappa shape index (κ2) is 2.92. The van der Waals surface area contributed by atoms with Crippen molar-refractivity contribution in [2.45, 2.75) is 0 Å². The van der Waals surface area contributed by atoms with Gasteiger partial charge in [-0.15, -0.1) is 0 Å². The molecule has 0 saturated heterocycles. The maximum Gasteiger partial charge on any atom is 0.257 e. The summed E-state index contributed by atoms with van der Waals surface area (Å²) in [5.41, 5.74) is 0.659. The van der Waals surface area contributed by atoms with E-state index in [0.29, 0.717) is 5.65 Å². The third-order valence-corrected chi connectivity index (χ3v) is 2.48. The summed E-state index contributed by atoms with van der Waals surface area (Å²) in [6.07, 6.45) is 3.30. The van der Waals surface area contributed by atoms with Gasteiger partial charge in [-0.25, -0.2) is 4.98 Å². The number of rotatable bonds is 0. The molecule has 0 aliphatic carbocycles. The lowest BCUT2D eigenvalue weighted by molar-refractivity contribution is 1.06. The molecule has 1 aromatic carbocycles. The largest absolute Gasteiger partial charge is 0.269 e. The van der Waals surface area contributed by atoms with Gasteiger partial charge >= 0.3 is 0 Å².